The minimum absolute atomic E-state index is 0.763. The molecule has 22 heavy (non-hydrogen) atoms. The van der Waals surface area contributed by atoms with Gasteiger partial charge in [0.2, 0.25) is 0 Å². The lowest BCUT2D eigenvalue weighted by Gasteiger charge is -2.32. The second-order valence-electron chi connectivity index (χ2n) is 5.31. The molecule has 0 bridgehead atoms. The Morgan fingerprint density at radius 3 is 2.00 bits per heavy atom. The molecule has 108 valence electrons. The van der Waals surface area contributed by atoms with Crippen molar-refractivity contribution in [2.24, 2.45) is 0 Å². The van der Waals surface area contributed by atoms with Crippen LogP contribution >= 0.6 is 11.6 Å². The van der Waals surface area contributed by atoms with Gasteiger partial charge >= 0.3 is 0 Å². The van der Waals surface area contributed by atoms with E-state index in [4.69, 9.17) is 16.3 Å². The normalized spacial score (nSPS) is 12.4. The molecule has 0 spiro atoms. The number of hydrogen-bond donors (Lipinski definition) is 0. The summed E-state index contributed by atoms with van der Waals surface area (Å²) in [4.78, 5) is 2.18. The molecule has 4 rings (SSSR count). The zero-order valence-electron chi connectivity index (χ0n) is 12.1. The number of fused-ring (bicyclic) bond motifs is 2. The van der Waals surface area contributed by atoms with Crippen molar-refractivity contribution in [3.63, 3.8) is 0 Å². The van der Waals surface area contributed by atoms with Gasteiger partial charge in [-0.25, -0.2) is 0 Å². The van der Waals surface area contributed by atoms with Crippen LogP contribution in [-0.4, -0.2) is 0 Å². The zero-order chi connectivity index (χ0) is 15.1. The molecule has 3 heteroatoms. The average Bonchev–Trinajstić information content (AvgIpc) is 2.55. The molecule has 1 aliphatic heterocycles. The fourth-order valence-electron chi connectivity index (χ4n) is 2.70. The monoisotopic (exact) mass is 307 g/mol. The third-order valence-corrected chi connectivity index (χ3v) is 4.25. The van der Waals surface area contributed by atoms with Gasteiger partial charge in [0, 0.05) is 10.7 Å². The van der Waals surface area contributed by atoms with Gasteiger partial charge in [-0.2, -0.15) is 0 Å². The van der Waals surface area contributed by atoms with Crippen molar-refractivity contribution in [3.05, 3.63) is 77.3 Å². The summed E-state index contributed by atoms with van der Waals surface area (Å²) in [5, 5.41) is 0.763. The summed E-state index contributed by atoms with van der Waals surface area (Å²) >= 11 is 6.33. The summed E-state index contributed by atoms with van der Waals surface area (Å²) < 4.78 is 6.01. The molecule has 0 amide bonds. The summed E-state index contributed by atoms with van der Waals surface area (Å²) in [5.74, 6) is 1.69. The fourth-order valence-corrected chi connectivity index (χ4v) is 2.88. The first-order chi connectivity index (χ1) is 10.7. The van der Waals surface area contributed by atoms with Gasteiger partial charge in [0.25, 0.3) is 0 Å². The Labute approximate surface area is 134 Å². The van der Waals surface area contributed by atoms with Crippen molar-refractivity contribution < 1.29 is 4.74 Å². The fraction of sp³-hybridized carbons (Fsp3) is 0.0526. The van der Waals surface area contributed by atoms with E-state index in [1.165, 1.54) is 0 Å². The molecule has 0 N–H and O–H groups in total. The number of aryl methyl sites for hydroxylation is 1. The number of nitrogens with zero attached hydrogens (tertiary/aromatic N) is 1. The lowest BCUT2D eigenvalue weighted by molar-refractivity contribution is 0.477. The molecule has 2 nitrogen and oxygen atoms in total. The van der Waals surface area contributed by atoms with E-state index in [9.17, 15) is 0 Å². The lowest BCUT2D eigenvalue weighted by Crippen LogP contribution is -2.15. The largest absolute Gasteiger partial charge is 0.453 e. The molecule has 0 aromatic heterocycles. The maximum atomic E-state index is 6.33. The standard InChI is InChI=1S/C19H14ClNO/c1-13-10-11-14(12-15(13)20)21-16-6-2-4-8-18(16)22-19-9-5-3-7-17(19)21/h2-12H,1H3. The van der Waals surface area contributed by atoms with E-state index in [1.807, 2.05) is 55.5 Å². The topological polar surface area (TPSA) is 12.5 Å². The minimum atomic E-state index is 0.763. The smallest absolute Gasteiger partial charge is 0.151 e. The van der Waals surface area contributed by atoms with Gasteiger partial charge in [0.05, 0.1) is 11.4 Å². The Balaban J connectivity index is 1.96. The van der Waals surface area contributed by atoms with Crippen LogP contribution in [0.15, 0.2) is 66.7 Å². The van der Waals surface area contributed by atoms with Crippen molar-refractivity contribution in [1.29, 1.82) is 0 Å². The molecule has 3 aromatic rings. The average molecular weight is 308 g/mol. The van der Waals surface area contributed by atoms with Crippen LogP contribution in [0.2, 0.25) is 5.02 Å². The molecule has 3 aromatic carbocycles. The van der Waals surface area contributed by atoms with Crippen molar-refractivity contribution in [2.75, 3.05) is 4.90 Å². The van der Waals surface area contributed by atoms with E-state index < -0.39 is 0 Å². The number of rotatable bonds is 1. The first-order valence-corrected chi connectivity index (χ1v) is 7.54. The van der Waals surface area contributed by atoms with E-state index >= 15 is 0 Å². The quantitative estimate of drug-likeness (QED) is 0.413. The number of benzene rings is 3. The lowest BCUT2D eigenvalue weighted by atomic mass is 10.1. The predicted molar refractivity (Wildman–Crippen MR) is 90.9 cm³/mol. The first-order valence-electron chi connectivity index (χ1n) is 7.16. The van der Waals surface area contributed by atoms with E-state index in [1.54, 1.807) is 0 Å². The van der Waals surface area contributed by atoms with E-state index in [-0.39, 0.29) is 0 Å². The molecule has 0 unspecified atom stereocenters. The van der Waals surface area contributed by atoms with Gasteiger partial charge in [-0.3, -0.25) is 0 Å². The van der Waals surface area contributed by atoms with Crippen LogP contribution in [-0.2, 0) is 0 Å². The van der Waals surface area contributed by atoms with Gasteiger partial charge < -0.3 is 9.64 Å². The maximum absolute atomic E-state index is 6.33. The van der Waals surface area contributed by atoms with E-state index in [2.05, 4.69) is 23.1 Å². The Kier molecular flexibility index (Phi) is 3.05. The van der Waals surface area contributed by atoms with Gasteiger partial charge in [-0.15, -0.1) is 0 Å². The van der Waals surface area contributed by atoms with Gasteiger partial charge in [-0.1, -0.05) is 41.9 Å². The van der Waals surface area contributed by atoms with Crippen LogP contribution in [0.25, 0.3) is 0 Å². The molecular weight excluding hydrogens is 294 g/mol. The SMILES string of the molecule is Cc1ccc(N2c3ccccc3Oc3ccccc32)cc1Cl. The van der Waals surface area contributed by atoms with E-state index in [0.29, 0.717) is 0 Å². The molecule has 0 saturated heterocycles. The van der Waals surface area contributed by atoms with Crippen molar-refractivity contribution >= 4 is 28.7 Å². The number of para-hydroxylation sites is 4. The Morgan fingerprint density at radius 1 is 0.818 bits per heavy atom. The minimum Gasteiger partial charge on any atom is -0.453 e. The van der Waals surface area contributed by atoms with Crippen molar-refractivity contribution in [2.45, 2.75) is 6.92 Å². The molecule has 0 aliphatic carbocycles. The molecule has 0 fully saturated rings. The molecule has 1 aliphatic rings. The van der Waals surface area contributed by atoms with Crippen LogP contribution in [0.5, 0.6) is 11.5 Å². The highest BCUT2D eigenvalue weighted by Crippen LogP contribution is 2.50. The van der Waals surface area contributed by atoms with Gasteiger partial charge in [-0.05, 0) is 48.9 Å². The first kappa shape index (κ1) is 13.2. The third kappa shape index (κ3) is 2.04. The highest BCUT2D eigenvalue weighted by atomic mass is 35.5. The molecule has 0 atom stereocenters. The Bertz CT molecular complexity index is 814. The summed E-state index contributed by atoms with van der Waals surface area (Å²) in [6.45, 7) is 2.01. The van der Waals surface area contributed by atoms with Crippen LogP contribution in [0.1, 0.15) is 5.56 Å². The Morgan fingerprint density at radius 2 is 1.41 bits per heavy atom. The highest BCUT2D eigenvalue weighted by Gasteiger charge is 2.25. The molecule has 1 heterocycles. The second kappa shape index (κ2) is 5.08. The number of hydrogen-bond acceptors (Lipinski definition) is 2. The van der Waals surface area contributed by atoms with Crippen molar-refractivity contribution in [3.8, 4) is 11.5 Å². The maximum Gasteiger partial charge on any atom is 0.151 e. The number of anilines is 3. The van der Waals surface area contributed by atoms with E-state index in [0.717, 1.165) is 39.1 Å². The number of ether oxygens (including phenoxy) is 1. The summed E-state index contributed by atoms with van der Waals surface area (Å²) in [6, 6.07) is 22.2. The molecular formula is C19H14ClNO. The van der Waals surface area contributed by atoms with Gasteiger partial charge in [0.15, 0.2) is 11.5 Å². The summed E-state index contributed by atoms with van der Waals surface area (Å²) in [7, 11) is 0. The third-order valence-electron chi connectivity index (χ3n) is 3.85. The van der Waals surface area contributed by atoms with Crippen LogP contribution < -0.4 is 9.64 Å². The predicted octanol–water partition coefficient (Wildman–Crippen LogP) is 6.22. The summed E-state index contributed by atoms with van der Waals surface area (Å²) in [6.07, 6.45) is 0. The molecule has 0 saturated carbocycles. The highest BCUT2D eigenvalue weighted by molar-refractivity contribution is 6.31. The van der Waals surface area contributed by atoms with Crippen LogP contribution in [0, 0.1) is 6.92 Å². The zero-order valence-corrected chi connectivity index (χ0v) is 12.8. The van der Waals surface area contributed by atoms with Crippen LogP contribution in [0.3, 0.4) is 0 Å². The van der Waals surface area contributed by atoms with Crippen molar-refractivity contribution in [1.82, 2.24) is 0 Å². The Hall–Kier alpha value is -2.45. The summed E-state index contributed by atoms with van der Waals surface area (Å²) in [5.41, 5.74) is 4.13. The molecule has 0 radical (unpaired) electrons. The van der Waals surface area contributed by atoms with Gasteiger partial charge in [0.1, 0.15) is 0 Å². The second-order valence-corrected chi connectivity index (χ2v) is 5.71. The number of halogens is 1. The van der Waals surface area contributed by atoms with Crippen LogP contribution in [0.4, 0.5) is 17.1 Å².